The minimum atomic E-state index is -0.740. The maximum Gasteiger partial charge on any atom is 0.324 e. The average Bonchev–Trinajstić information content (AvgIpc) is 2.85. The molecule has 20 heavy (non-hydrogen) atoms. The smallest absolute Gasteiger partial charge is 0.324 e. The number of carboxylic acid groups (broad SMARTS) is 1. The van der Waals surface area contributed by atoms with Crippen molar-refractivity contribution in [2.45, 2.75) is 32.2 Å². The number of carboxylic acids is 1. The monoisotopic (exact) mass is 298 g/mol. The summed E-state index contributed by atoms with van der Waals surface area (Å²) < 4.78 is 0. The maximum absolute atomic E-state index is 10.7. The first-order valence-electron chi connectivity index (χ1n) is 6.70. The van der Waals surface area contributed by atoms with Crippen LogP contribution in [0.15, 0.2) is 11.4 Å². The van der Waals surface area contributed by atoms with Crippen LogP contribution in [0.3, 0.4) is 0 Å². The summed E-state index contributed by atoms with van der Waals surface area (Å²) in [5.41, 5.74) is 0.973. The number of rotatable bonds is 6. The summed E-state index contributed by atoms with van der Waals surface area (Å²) in [6.45, 7) is 2.58. The normalized spacial score (nSPS) is 19.9. The van der Waals surface area contributed by atoms with Crippen molar-refractivity contribution < 1.29 is 14.8 Å². The Morgan fingerprint density at radius 1 is 1.60 bits per heavy atom. The second-order valence-electron chi connectivity index (χ2n) is 5.23. The lowest BCUT2D eigenvalue weighted by atomic mass is 9.93. The van der Waals surface area contributed by atoms with Gasteiger partial charge in [-0.25, -0.2) is 0 Å². The number of carbonyl (C=O) groups is 1. The van der Waals surface area contributed by atoms with Crippen molar-refractivity contribution in [2.75, 3.05) is 13.1 Å². The zero-order chi connectivity index (χ0) is 14.5. The topological polar surface area (TPSA) is 83.7 Å². The number of piperidine rings is 1. The standard InChI is InChI=1S/C13H18N2O4S/c16-13(17)4-3-10-2-1-5-14(7-10)8-11-6-12(15(18)19)20-9-11/h6,9-10H,1-5,7-8H2,(H,16,17). The molecule has 0 radical (unpaired) electrons. The van der Waals surface area contributed by atoms with Crippen molar-refractivity contribution in [3.8, 4) is 0 Å². The molecule has 0 bridgehead atoms. The van der Waals surface area contributed by atoms with E-state index in [9.17, 15) is 14.9 Å². The molecular formula is C13H18N2O4S. The molecule has 0 amide bonds. The summed E-state index contributed by atoms with van der Waals surface area (Å²) in [6.07, 6.45) is 3.09. The lowest BCUT2D eigenvalue weighted by molar-refractivity contribution is -0.380. The van der Waals surface area contributed by atoms with Gasteiger partial charge in [0.2, 0.25) is 0 Å². The largest absolute Gasteiger partial charge is 0.481 e. The van der Waals surface area contributed by atoms with E-state index in [4.69, 9.17) is 5.11 Å². The minimum absolute atomic E-state index is 0.180. The van der Waals surface area contributed by atoms with E-state index in [1.807, 2.05) is 5.38 Å². The van der Waals surface area contributed by atoms with Crippen LogP contribution in [-0.2, 0) is 11.3 Å². The molecule has 2 heterocycles. The molecule has 1 aromatic heterocycles. The highest BCUT2D eigenvalue weighted by molar-refractivity contribution is 7.13. The van der Waals surface area contributed by atoms with Crippen LogP contribution in [-0.4, -0.2) is 34.0 Å². The van der Waals surface area contributed by atoms with E-state index in [-0.39, 0.29) is 16.3 Å². The number of nitrogens with zero attached hydrogens (tertiary/aromatic N) is 2. The van der Waals surface area contributed by atoms with E-state index in [1.165, 1.54) is 0 Å². The fraction of sp³-hybridized carbons (Fsp3) is 0.615. The molecular weight excluding hydrogens is 280 g/mol. The Morgan fingerprint density at radius 3 is 3.05 bits per heavy atom. The van der Waals surface area contributed by atoms with Gasteiger partial charge in [0.1, 0.15) is 0 Å². The van der Waals surface area contributed by atoms with E-state index >= 15 is 0 Å². The first-order valence-corrected chi connectivity index (χ1v) is 7.58. The molecule has 1 atom stereocenters. The Balaban J connectivity index is 1.85. The molecule has 1 unspecified atom stereocenters. The second-order valence-corrected chi connectivity index (χ2v) is 6.12. The van der Waals surface area contributed by atoms with Crippen LogP contribution in [0, 0.1) is 16.0 Å². The van der Waals surface area contributed by atoms with Crippen LogP contribution in [0.5, 0.6) is 0 Å². The highest BCUT2D eigenvalue weighted by atomic mass is 32.1. The third-order valence-electron chi connectivity index (χ3n) is 3.60. The van der Waals surface area contributed by atoms with Gasteiger partial charge in [-0.1, -0.05) is 11.3 Å². The summed E-state index contributed by atoms with van der Waals surface area (Å²) in [6, 6.07) is 1.63. The molecule has 1 aromatic rings. The predicted octanol–water partition coefficient (Wildman–Crippen LogP) is 2.73. The molecule has 1 N–H and O–H groups in total. The fourth-order valence-electron chi connectivity index (χ4n) is 2.66. The molecule has 1 fully saturated rings. The molecule has 1 saturated heterocycles. The summed E-state index contributed by atoms with van der Waals surface area (Å²) in [7, 11) is 0. The van der Waals surface area contributed by atoms with E-state index in [1.54, 1.807) is 6.07 Å². The van der Waals surface area contributed by atoms with Gasteiger partial charge in [0, 0.05) is 31.0 Å². The van der Waals surface area contributed by atoms with Gasteiger partial charge in [-0.3, -0.25) is 19.8 Å². The van der Waals surface area contributed by atoms with E-state index in [2.05, 4.69) is 4.90 Å². The van der Waals surface area contributed by atoms with Crippen molar-refractivity contribution in [1.82, 2.24) is 4.90 Å². The van der Waals surface area contributed by atoms with Crippen LogP contribution in [0.4, 0.5) is 5.00 Å². The first kappa shape index (κ1) is 14.9. The molecule has 110 valence electrons. The zero-order valence-electron chi connectivity index (χ0n) is 11.2. The van der Waals surface area contributed by atoms with Crippen molar-refractivity contribution in [1.29, 1.82) is 0 Å². The minimum Gasteiger partial charge on any atom is -0.481 e. The van der Waals surface area contributed by atoms with Gasteiger partial charge >= 0.3 is 11.0 Å². The van der Waals surface area contributed by atoms with Gasteiger partial charge in [0.25, 0.3) is 0 Å². The lowest BCUT2D eigenvalue weighted by Gasteiger charge is -2.32. The van der Waals surface area contributed by atoms with Gasteiger partial charge in [-0.15, -0.1) is 0 Å². The van der Waals surface area contributed by atoms with Gasteiger partial charge in [-0.05, 0) is 37.3 Å². The zero-order valence-corrected chi connectivity index (χ0v) is 12.0. The van der Waals surface area contributed by atoms with Gasteiger partial charge in [0.05, 0.1) is 4.92 Å². The van der Waals surface area contributed by atoms with Crippen LogP contribution >= 0.6 is 11.3 Å². The van der Waals surface area contributed by atoms with Crippen molar-refractivity contribution in [3.05, 3.63) is 27.1 Å². The van der Waals surface area contributed by atoms with Gasteiger partial charge < -0.3 is 5.11 Å². The second kappa shape index (κ2) is 6.81. The third-order valence-corrected chi connectivity index (χ3v) is 4.52. The van der Waals surface area contributed by atoms with Crippen molar-refractivity contribution >= 4 is 22.3 Å². The van der Waals surface area contributed by atoms with Crippen molar-refractivity contribution in [2.24, 2.45) is 5.92 Å². The molecule has 0 aliphatic carbocycles. The average molecular weight is 298 g/mol. The number of likely N-dealkylation sites (tertiary alicyclic amines) is 1. The number of hydrogen-bond acceptors (Lipinski definition) is 5. The molecule has 0 spiro atoms. The van der Waals surface area contributed by atoms with Crippen LogP contribution in [0.1, 0.15) is 31.2 Å². The summed E-state index contributed by atoms with van der Waals surface area (Å²) in [4.78, 5) is 23.2. The molecule has 6 nitrogen and oxygen atoms in total. The number of aliphatic carboxylic acids is 1. The van der Waals surface area contributed by atoms with E-state index in [0.29, 0.717) is 12.5 Å². The number of nitro groups is 1. The lowest BCUT2D eigenvalue weighted by Crippen LogP contribution is -2.35. The third kappa shape index (κ3) is 4.28. The highest BCUT2D eigenvalue weighted by Gasteiger charge is 2.21. The molecule has 1 aliphatic rings. The quantitative estimate of drug-likeness (QED) is 0.645. The summed E-state index contributed by atoms with van der Waals surface area (Å²) in [5, 5.41) is 21.4. The Labute approximate surface area is 121 Å². The molecule has 1 aliphatic heterocycles. The first-order chi connectivity index (χ1) is 9.54. The predicted molar refractivity (Wildman–Crippen MR) is 75.8 cm³/mol. The Morgan fingerprint density at radius 2 is 2.40 bits per heavy atom. The Hall–Kier alpha value is -1.47. The Bertz CT molecular complexity index is 488. The van der Waals surface area contributed by atoms with E-state index in [0.717, 1.165) is 49.3 Å². The maximum atomic E-state index is 10.7. The molecule has 0 aromatic carbocycles. The molecule has 2 rings (SSSR count). The molecule has 7 heteroatoms. The summed E-state index contributed by atoms with van der Waals surface area (Å²) in [5.74, 6) is -0.316. The molecule has 0 saturated carbocycles. The summed E-state index contributed by atoms with van der Waals surface area (Å²) >= 11 is 1.16. The van der Waals surface area contributed by atoms with Crippen LogP contribution in [0.25, 0.3) is 0 Å². The van der Waals surface area contributed by atoms with Gasteiger partial charge in [0.15, 0.2) is 0 Å². The van der Waals surface area contributed by atoms with E-state index < -0.39 is 5.97 Å². The highest BCUT2D eigenvalue weighted by Crippen LogP contribution is 2.26. The van der Waals surface area contributed by atoms with Crippen LogP contribution < -0.4 is 0 Å². The van der Waals surface area contributed by atoms with Crippen molar-refractivity contribution in [3.63, 3.8) is 0 Å². The SMILES string of the molecule is O=C(O)CCC1CCCN(Cc2csc([N+](=O)[O-])c2)C1. The number of hydrogen-bond donors (Lipinski definition) is 1. The number of thiophene rings is 1. The Kier molecular flexibility index (Phi) is 5.08. The fourth-order valence-corrected chi connectivity index (χ4v) is 3.38. The van der Waals surface area contributed by atoms with Crippen LogP contribution in [0.2, 0.25) is 0 Å². The van der Waals surface area contributed by atoms with Gasteiger partial charge in [-0.2, -0.15) is 0 Å².